The van der Waals surface area contributed by atoms with Crippen molar-refractivity contribution in [3.8, 4) is 0 Å². The summed E-state index contributed by atoms with van der Waals surface area (Å²) >= 11 is 0. The fourth-order valence-electron chi connectivity index (χ4n) is 4.85. The van der Waals surface area contributed by atoms with Crippen molar-refractivity contribution in [2.24, 2.45) is 4.99 Å². The smallest absolute Gasteiger partial charge is 0.191 e. The summed E-state index contributed by atoms with van der Waals surface area (Å²) < 4.78 is 0. The number of likely N-dealkylation sites (N-methyl/N-ethyl adjacent to an activating group) is 1. The highest BCUT2D eigenvalue weighted by molar-refractivity contribution is 5.79. The van der Waals surface area contributed by atoms with E-state index in [1.165, 1.54) is 36.8 Å². The molecular formula is C25H36N6. The third-order valence-electron chi connectivity index (χ3n) is 6.86. The zero-order valence-corrected chi connectivity index (χ0v) is 19.0. The molecule has 4 rings (SSSR count). The SMILES string of the molecule is CN=C(NCc1ccnc(N2CCN(C)CC2)c1)NCC1(c2ccccc2)CCCC1. The Hall–Kier alpha value is -2.60. The van der Waals surface area contributed by atoms with Crippen LogP contribution in [0.2, 0.25) is 0 Å². The Balaban J connectivity index is 1.34. The Bertz CT molecular complexity index is 851. The van der Waals surface area contributed by atoms with E-state index in [0.29, 0.717) is 0 Å². The Labute approximate surface area is 186 Å². The van der Waals surface area contributed by atoms with E-state index in [-0.39, 0.29) is 5.41 Å². The van der Waals surface area contributed by atoms with Crippen LogP contribution in [0.4, 0.5) is 5.82 Å². The molecule has 2 fully saturated rings. The van der Waals surface area contributed by atoms with Crippen molar-refractivity contribution < 1.29 is 0 Å². The van der Waals surface area contributed by atoms with Crippen molar-refractivity contribution in [3.63, 3.8) is 0 Å². The molecule has 1 aliphatic carbocycles. The van der Waals surface area contributed by atoms with Gasteiger partial charge in [-0.2, -0.15) is 0 Å². The molecule has 2 heterocycles. The number of piperazine rings is 1. The highest BCUT2D eigenvalue weighted by Gasteiger charge is 2.35. The summed E-state index contributed by atoms with van der Waals surface area (Å²) in [7, 11) is 4.03. The molecule has 31 heavy (non-hydrogen) atoms. The monoisotopic (exact) mass is 420 g/mol. The standard InChI is InChI=1S/C25H36N6/c1-26-24(29-20-25(11-6-7-12-25)22-8-4-3-5-9-22)28-19-21-10-13-27-23(18-21)31-16-14-30(2)15-17-31/h3-5,8-10,13,18H,6-7,11-12,14-17,19-20H2,1-2H3,(H2,26,28,29). The predicted molar refractivity (Wildman–Crippen MR) is 129 cm³/mol. The van der Waals surface area contributed by atoms with E-state index in [0.717, 1.165) is 51.0 Å². The highest BCUT2D eigenvalue weighted by Crippen LogP contribution is 2.40. The molecule has 0 radical (unpaired) electrons. The van der Waals surface area contributed by atoms with Crippen LogP contribution in [-0.4, -0.2) is 62.7 Å². The molecule has 0 amide bonds. The zero-order chi connectivity index (χ0) is 21.5. The van der Waals surface area contributed by atoms with E-state index < -0.39 is 0 Å². The number of pyridine rings is 1. The van der Waals surface area contributed by atoms with Crippen LogP contribution in [0.5, 0.6) is 0 Å². The molecule has 6 heteroatoms. The normalized spacial score (nSPS) is 19.4. The van der Waals surface area contributed by atoms with Gasteiger partial charge >= 0.3 is 0 Å². The summed E-state index contributed by atoms with van der Waals surface area (Å²) in [5.41, 5.74) is 2.89. The summed E-state index contributed by atoms with van der Waals surface area (Å²) in [6.07, 6.45) is 6.99. The largest absolute Gasteiger partial charge is 0.356 e. The van der Waals surface area contributed by atoms with Gasteiger partial charge in [0.25, 0.3) is 0 Å². The number of anilines is 1. The highest BCUT2D eigenvalue weighted by atomic mass is 15.3. The van der Waals surface area contributed by atoms with Gasteiger partial charge in [-0.3, -0.25) is 4.99 Å². The number of benzene rings is 1. The molecule has 2 N–H and O–H groups in total. The fraction of sp³-hybridized carbons (Fsp3) is 0.520. The Morgan fingerprint density at radius 1 is 1.03 bits per heavy atom. The first-order valence-electron chi connectivity index (χ1n) is 11.6. The second-order valence-electron chi connectivity index (χ2n) is 8.95. The van der Waals surface area contributed by atoms with Gasteiger partial charge in [-0.25, -0.2) is 4.98 Å². The minimum absolute atomic E-state index is 0.212. The minimum Gasteiger partial charge on any atom is -0.356 e. The van der Waals surface area contributed by atoms with Gasteiger partial charge in [0.15, 0.2) is 5.96 Å². The van der Waals surface area contributed by atoms with Crippen molar-refractivity contribution in [2.75, 3.05) is 51.7 Å². The van der Waals surface area contributed by atoms with Crippen molar-refractivity contribution in [3.05, 3.63) is 59.8 Å². The average Bonchev–Trinajstić information content (AvgIpc) is 3.31. The van der Waals surface area contributed by atoms with Gasteiger partial charge in [0.1, 0.15) is 5.82 Å². The van der Waals surface area contributed by atoms with Crippen molar-refractivity contribution in [2.45, 2.75) is 37.6 Å². The van der Waals surface area contributed by atoms with E-state index in [4.69, 9.17) is 0 Å². The molecule has 0 bridgehead atoms. The molecule has 2 aliphatic rings. The van der Waals surface area contributed by atoms with Crippen LogP contribution < -0.4 is 15.5 Å². The molecule has 6 nitrogen and oxygen atoms in total. The molecule has 1 aromatic carbocycles. The number of nitrogens with zero attached hydrogens (tertiary/aromatic N) is 4. The summed E-state index contributed by atoms with van der Waals surface area (Å²) in [5, 5.41) is 7.11. The average molecular weight is 421 g/mol. The number of guanidine groups is 1. The number of rotatable bonds is 6. The lowest BCUT2D eigenvalue weighted by Crippen LogP contribution is -2.45. The Morgan fingerprint density at radius 2 is 1.77 bits per heavy atom. The quantitative estimate of drug-likeness (QED) is 0.556. The van der Waals surface area contributed by atoms with Crippen LogP contribution in [0.25, 0.3) is 0 Å². The predicted octanol–water partition coefficient (Wildman–Crippen LogP) is 3.01. The summed E-state index contributed by atoms with van der Waals surface area (Å²) in [5.74, 6) is 1.93. The summed E-state index contributed by atoms with van der Waals surface area (Å²) in [6, 6.07) is 15.3. The van der Waals surface area contributed by atoms with E-state index in [2.05, 4.69) is 79.9 Å². The maximum absolute atomic E-state index is 4.60. The van der Waals surface area contributed by atoms with Gasteiger partial charge in [0, 0.05) is 57.9 Å². The number of nitrogens with one attached hydrogen (secondary N) is 2. The van der Waals surface area contributed by atoms with E-state index >= 15 is 0 Å². The first-order chi connectivity index (χ1) is 15.2. The van der Waals surface area contributed by atoms with Gasteiger partial charge in [0.05, 0.1) is 0 Å². The van der Waals surface area contributed by atoms with Gasteiger partial charge < -0.3 is 20.4 Å². The van der Waals surface area contributed by atoms with Gasteiger partial charge in [-0.15, -0.1) is 0 Å². The van der Waals surface area contributed by atoms with E-state index in [1.54, 1.807) is 0 Å². The van der Waals surface area contributed by atoms with Crippen LogP contribution >= 0.6 is 0 Å². The lowest BCUT2D eigenvalue weighted by Gasteiger charge is -2.33. The first-order valence-corrected chi connectivity index (χ1v) is 11.6. The minimum atomic E-state index is 0.212. The maximum Gasteiger partial charge on any atom is 0.191 e. The Morgan fingerprint density at radius 3 is 2.48 bits per heavy atom. The molecule has 1 saturated carbocycles. The molecule has 0 spiro atoms. The molecule has 1 aliphatic heterocycles. The molecule has 0 atom stereocenters. The van der Waals surface area contributed by atoms with E-state index in [1.807, 2.05) is 13.2 Å². The third-order valence-corrected chi connectivity index (χ3v) is 6.86. The molecule has 166 valence electrons. The molecule has 1 saturated heterocycles. The molecular weight excluding hydrogens is 384 g/mol. The summed E-state index contributed by atoms with van der Waals surface area (Å²) in [4.78, 5) is 13.8. The van der Waals surface area contributed by atoms with Crippen LogP contribution in [0.1, 0.15) is 36.8 Å². The van der Waals surface area contributed by atoms with Crippen LogP contribution in [0, 0.1) is 0 Å². The molecule has 0 unspecified atom stereocenters. The number of aliphatic imine (C=N–C) groups is 1. The lowest BCUT2D eigenvalue weighted by molar-refractivity contribution is 0.312. The Kier molecular flexibility index (Phi) is 7.07. The van der Waals surface area contributed by atoms with Crippen LogP contribution in [0.3, 0.4) is 0 Å². The van der Waals surface area contributed by atoms with Gasteiger partial charge in [-0.1, -0.05) is 43.2 Å². The van der Waals surface area contributed by atoms with Crippen molar-refractivity contribution in [1.82, 2.24) is 20.5 Å². The van der Waals surface area contributed by atoms with Gasteiger partial charge in [-0.05, 0) is 43.1 Å². The number of aromatic nitrogens is 1. The molecule has 2 aromatic rings. The molecule has 1 aromatic heterocycles. The fourth-order valence-corrected chi connectivity index (χ4v) is 4.85. The van der Waals surface area contributed by atoms with Crippen LogP contribution in [-0.2, 0) is 12.0 Å². The third kappa shape index (κ3) is 5.37. The second-order valence-corrected chi connectivity index (χ2v) is 8.95. The van der Waals surface area contributed by atoms with Crippen molar-refractivity contribution >= 4 is 11.8 Å². The zero-order valence-electron chi connectivity index (χ0n) is 19.0. The second kappa shape index (κ2) is 10.1. The van der Waals surface area contributed by atoms with Crippen LogP contribution in [0.15, 0.2) is 53.7 Å². The lowest BCUT2D eigenvalue weighted by atomic mass is 9.79. The maximum atomic E-state index is 4.60. The first kappa shape index (κ1) is 21.6. The number of hydrogen-bond donors (Lipinski definition) is 2. The van der Waals surface area contributed by atoms with Gasteiger partial charge in [0.2, 0.25) is 0 Å². The van der Waals surface area contributed by atoms with E-state index in [9.17, 15) is 0 Å². The number of hydrogen-bond acceptors (Lipinski definition) is 4. The van der Waals surface area contributed by atoms with Crippen molar-refractivity contribution in [1.29, 1.82) is 0 Å². The topological polar surface area (TPSA) is 55.8 Å². The summed E-state index contributed by atoms with van der Waals surface area (Å²) in [6.45, 7) is 5.89.